The van der Waals surface area contributed by atoms with Crippen LogP contribution in [0.5, 0.6) is 0 Å². The monoisotopic (exact) mass is 262 g/mol. The van der Waals surface area contributed by atoms with Crippen LogP contribution in [0.15, 0.2) is 23.2 Å². The highest BCUT2D eigenvalue weighted by atomic mass is 32.2. The third-order valence-corrected chi connectivity index (χ3v) is 3.76. The summed E-state index contributed by atoms with van der Waals surface area (Å²) in [7, 11) is 0. The van der Waals surface area contributed by atoms with Crippen molar-refractivity contribution in [3.8, 4) is 5.82 Å². The van der Waals surface area contributed by atoms with E-state index in [2.05, 4.69) is 29.1 Å². The van der Waals surface area contributed by atoms with Crippen molar-refractivity contribution in [2.24, 2.45) is 5.92 Å². The van der Waals surface area contributed by atoms with Crippen molar-refractivity contribution in [1.29, 1.82) is 0 Å². The Morgan fingerprint density at radius 2 is 2.00 bits per heavy atom. The van der Waals surface area contributed by atoms with E-state index in [-0.39, 0.29) is 0 Å². The van der Waals surface area contributed by atoms with Gasteiger partial charge in [0.15, 0.2) is 5.82 Å². The predicted octanol–water partition coefficient (Wildman–Crippen LogP) is 3.03. The second-order valence-corrected chi connectivity index (χ2v) is 5.81. The lowest BCUT2D eigenvalue weighted by atomic mass is 10.3. The molecule has 4 nitrogen and oxygen atoms in total. The van der Waals surface area contributed by atoms with Gasteiger partial charge in [-0.3, -0.25) is 0 Å². The van der Waals surface area contributed by atoms with Gasteiger partial charge in [0, 0.05) is 11.4 Å². The second kappa shape index (κ2) is 5.52. The highest BCUT2D eigenvalue weighted by Gasteiger charge is 2.06. The standard InChI is InChI=1S/C13H18N4S/c1-9(2)8-18-13-6-5-12(14-15-13)17-11(4)7-10(3)16-17/h5-7,9H,8H2,1-4H3. The number of hydrogen-bond acceptors (Lipinski definition) is 4. The van der Waals surface area contributed by atoms with E-state index in [1.54, 1.807) is 11.8 Å². The summed E-state index contributed by atoms with van der Waals surface area (Å²) in [5, 5.41) is 13.8. The minimum atomic E-state index is 0.660. The third-order valence-electron chi connectivity index (χ3n) is 2.42. The summed E-state index contributed by atoms with van der Waals surface area (Å²) < 4.78 is 1.82. The highest BCUT2D eigenvalue weighted by Crippen LogP contribution is 2.18. The quantitative estimate of drug-likeness (QED) is 0.794. The molecular formula is C13H18N4S. The van der Waals surface area contributed by atoms with Crippen LogP contribution in [-0.2, 0) is 0 Å². The number of thioether (sulfide) groups is 1. The molecule has 5 heteroatoms. The van der Waals surface area contributed by atoms with E-state index in [0.29, 0.717) is 5.92 Å². The van der Waals surface area contributed by atoms with Gasteiger partial charge in [-0.05, 0) is 38.0 Å². The first-order valence-electron chi connectivity index (χ1n) is 6.06. The van der Waals surface area contributed by atoms with E-state index >= 15 is 0 Å². The van der Waals surface area contributed by atoms with Gasteiger partial charge in [0.05, 0.1) is 5.69 Å². The van der Waals surface area contributed by atoms with Crippen LogP contribution in [0.4, 0.5) is 0 Å². The molecule has 0 bridgehead atoms. The van der Waals surface area contributed by atoms with E-state index in [1.807, 2.05) is 36.7 Å². The molecule has 18 heavy (non-hydrogen) atoms. The summed E-state index contributed by atoms with van der Waals surface area (Å²) in [5.41, 5.74) is 2.07. The first-order chi connectivity index (χ1) is 8.56. The molecule has 2 aromatic heterocycles. The van der Waals surface area contributed by atoms with E-state index in [0.717, 1.165) is 28.0 Å². The normalized spacial score (nSPS) is 11.2. The number of aromatic nitrogens is 4. The zero-order chi connectivity index (χ0) is 13.1. The lowest BCUT2D eigenvalue weighted by molar-refractivity contribution is 0.744. The summed E-state index contributed by atoms with van der Waals surface area (Å²) >= 11 is 1.74. The van der Waals surface area contributed by atoms with Crippen molar-refractivity contribution >= 4 is 11.8 Å². The van der Waals surface area contributed by atoms with Crippen molar-refractivity contribution in [3.63, 3.8) is 0 Å². The molecule has 2 aromatic rings. The summed E-state index contributed by atoms with van der Waals surface area (Å²) in [6.07, 6.45) is 0. The van der Waals surface area contributed by atoms with Crippen molar-refractivity contribution in [1.82, 2.24) is 20.0 Å². The van der Waals surface area contributed by atoms with Crippen LogP contribution in [0.2, 0.25) is 0 Å². The fourth-order valence-corrected chi connectivity index (χ4v) is 2.38. The zero-order valence-corrected chi connectivity index (χ0v) is 12.0. The topological polar surface area (TPSA) is 43.6 Å². The fraction of sp³-hybridized carbons (Fsp3) is 0.462. The Morgan fingerprint density at radius 3 is 2.50 bits per heavy atom. The molecule has 0 fully saturated rings. The summed E-state index contributed by atoms with van der Waals surface area (Å²) in [6.45, 7) is 8.39. The minimum Gasteiger partial charge on any atom is -0.218 e. The Labute approximate surface area is 112 Å². The number of aryl methyl sites for hydroxylation is 2. The molecule has 0 spiro atoms. The summed E-state index contributed by atoms with van der Waals surface area (Å²) in [6, 6.07) is 6.00. The smallest absolute Gasteiger partial charge is 0.175 e. The average Bonchev–Trinajstić information content (AvgIpc) is 2.66. The summed E-state index contributed by atoms with van der Waals surface area (Å²) in [4.78, 5) is 0. The Kier molecular flexibility index (Phi) is 4.01. The zero-order valence-electron chi connectivity index (χ0n) is 11.2. The minimum absolute atomic E-state index is 0.660. The Bertz CT molecular complexity index is 516. The number of rotatable bonds is 4. The molecule has 0 aliphatic heterocycles. The van der Waals surface area contributed by atoms with Crippen molar-refractivity contribution in [3.05, 3.63) is 29.6 Å². The van der Waals surface area contributed by atoms with Crippen LogP contribution in [0, 0.1) is 19.8 Å². The van der Waals surface area contributed by atoms with Crippen LogP contribution in [0.25, 0.3) is 5.82 Å². The van der Waals surface area contributed by atoms with Gasteiger partial charge >= 0.3 is 0 Å². The molecule has 0 aromatic carbocycles. The molecule has 0 saturated heterocycles. The molecule has 0 unspecified atom stereocenters. The second-order valence-electron chi connectivity index (χ2n) is 4.77. The Morgan fingerprint density at radius 1 is 1.22 bits per heavy atom. The maximum Gasteiger partial charge on any atom is 0.175 e. The lowest BCUT2D eigenvalue weighted by Crippen LogP contribution is -2.03. The molecular weight excluding hydrogens is 244 g/mol. The van der Waals surface area contributed by atoms with Crippen molar-refractivity contribution in [2.75, 3.05) is 5.75 Å². The van der Waals surface area contributed by atoms with Crippen molar-refractivity contribution in [2.45, 2.75) is 32.7 Å². The Hall–Kier alpha value is -1.36. The van der Waals surface area contributed by atoms with Gasteiger partial charge in [-0.2, -0.15) is 5.10 Å². The lowest BCUT2D eigenvalue weighted by Gasteiger charge is -2.05. The van der Waals surface area contributed by atoms with Gasteiger partial charge in [0.25, 0.3) is 0 Å². The van der Waals surface area contributed by atoms with Crippen LogP contribution >= 0.6 is 11.8 Å². The van der Waals surface area contributed by atoms with Crippen LogP contribution in [0.1, 0.15) is 25.2 Å². The molecule has 0 atom stereocenters. The SMILES string of the molecule is Cc1cc(C)n(-c2ccc(SCC(C)C)nn2)n1. The molecule has 0 aliphatic carbocycles. The van der Waals surface area contributed by atoms with Crippen LogP contribution < -0.4 is 0 Å². The molecule has 0 aliphatic rings. The van der Waals surface area contributed by atoms with Gasteiger partial charge in [0.1, 0.15) is 5.03 Å². The number of hydrogen-bond donors (Lipinski definition) is 0. The molecule has 96 valence electrons. The third kappa shape index (κ3) is 3.10. The van der Waals surface area contributed by atoms with E-state index < -0.39 is 0 Å². The first kappa shape index (κ1) is 13.1. The fourth-order valence-electron chi connectivity index (χ4n) is 1.62. The van der Waals surface area contributed by atoms with Gasteiger partial charge in [-0.15, -0.1) is 22.0 Å². The molecule has 0 N–H and O–H groups in total. The van der Waals surface area contributed by atoms with E-state index in [1.165, 1.54) is 0 Å². The van der Waals surface area contributed by atoms with Gasteiger partial charge in [-0.1, -0.05) is 13.8 Å². The predicted molar refractivity (Wildman–Crippen MR) is 74.2 cm³/mol. The van der Waals surface area contributed by atoms with E-state index in [9.17, 15) is 0 Å². The van der Waals surface area contributed by atoms with Crippen LogP contribution in [-0.4, -0.2) is 25.7 Å². The van der Waals surface area contributed by atoms with Crippen LogP contribution in [0.3, 0.4) is 0 Å². The van der Waals surface area contributed by atoms with E-state index in [4.69, 9.17) is 0 Å². The Balaban J connectivity index is 2.15. The molecule has 0 saturated carbocycles. The molecule has 2 rings (SSSR count). The highest BCUT2D eigenvalue weighted by molar-refractivity contribution is 7.99. The maximum absolute atomic E-state index is 4.39. The van der Waals surface area contributed by atoms with Gasteiger partial charge in [-0.25, -0.2) is 4.68 Å². The molecule has 0 radical (unpaired) electrons. The summed E-state index contributed by atoms with van der Waals surface area (Å²) in [5.74, 6) is 2.50. The molecule has 2 heterocycles. The first-order valence-corrected chi connectivity index (χ1v) is 7.05. The van der Waals surface area contributed by atoms with Crippen molar-refractivity contribution < 1.29 is 0 Å². The van der Waals surface area contributed by atoms with Gasteiger partial charge < -0.3 is 0 Å². The largest absolute Gasteiger partial charge is 0.218 e. The number of nitrogens with zero attached hydrogens (tertiary/aromatic N) is 4. The average molecular weight is 262 g/mol. The maximum atomic E-state index is 4.39. The molecule has 0 amide bonds. The van der Waals surface area contributed by atoms with Gasteiger partial charge in [0.2, 0.25) is 0 Å².